The molecule has 9 heteroatoms. The third-order valence-electron chi connectivity index (χ3n) is 17.3. The molecular formula is C79H148NO8+. The van der Waals surface area contributed by atoms with E-state index in [2.05, 4.69) is 62.5 Å². The molecular weight excluding hydrogens is 1090 g/mol. The van der Waals surface area contributed by atoms with Crippen LogP contribution < -0.4 is 0 Å². The zero-order chi connectivity index (χ0) is 64.0. The van der Waals surface area contributed by atoms with Crippen LogP contribution in [-0.4, -0.2) is 87.4 Å². The number of aliphatic carboxylic acids is 1. The van der Waals surface area contributed by atoms with Crippen LogP contribution in [0.4, 0.5) is 0 Å². The summed E-state index contributed by atoms with van der Waals surface area (Å²) in [6.07, 6.45) is 88.3. The predicted octanol–water partition coefficient (Wildman–Crippen LogP) is 24.1. The van der Waals surface area contributed by atoms with Gasteiger partial charge in [0.05, 0.1) is 34.4 Å². The van der Waals surface area contributed by atoms with Gasteiger partial charge in [0.15, 0.2) is 6.10 Å². The van der Waals surface area contributed by atoms with Crippen LogP contribution in [0.3, 0.4) is 0 Å². The molecule has 516 valence electrons. The van der Waals surface area contributed by atoms with Gasteiger partial charge in [0.25, 0.3) is 6.29 Å². The summed E-state index contributed by atoms with van der Waals surface area (Å²) in [6.45, 7) is 4.83. The summed E-state index contributed by atoms with van der Waals surface area (Å²) < 4.78 is 23.0. The van der Waals surface area contributed by atoms with Crippen molar-refractivity contribution in [3.8, 4) is 0 Å². The van der Waals surface area contributed by atoms with E-state index in [0.717, 1.165) is 64.2 Å². The van der Waals surface area contributed by atoms with Gasteiger partial charge in [-0.25, -0.2) is 4.79 Å². The molecule has 88 heavy (non-hydrogen) atoms. The second-order valence-corrected chi connectivity index (χ2v) is 27.3. The minimum absolute atomic E-state index is 0.178. The molecule has 0 saturated carbocycles. The Morgan fingerprint density at radius 1 is 0.352 bits per heavy atom. The van der Waals surface area contributed by atoms with Crippen LogP contribution in [0.15, 0.2) is 48.6 Å². The summed E-state index contributed by atoms with van der Waals surface area (Å²) >= 11 is 0. The first-order valence-corrected chi connectivity index (χ1v) is 38.3. The molecule has 0 aromatic heterocycles. The van der Waals surface area contributed by atoms with Crippen molar-refractivity contribution >= 4 is 17.9 Å². The van der Waals surface area contributed by atoms with Crippen LogP contribution >= 0.6 is 0 Å². The van der Waals surface area contributed by atoms with Gasteiger partial charge in [-0.15, -0.1) is 0 Å². The van der Waals surface area contributed by atoms with Gasteiger partial charge in [-0.1, -0.05) is 364 Å². The molecule has 0 aromatic rings. The van der Waals surface area contributed by atoms with Crippen molar-refractivity contribution < 1.29 is 42.9 Å². The van der Waals surface area contributed by atoms with Gasteiger partial charge < -0.3 is 28.5 Å². The van der Waals surface area contributed by atoms with Crippen molar-refractivity contribution in [1.29, 1.82) is 0 Å². The topological polar surface area (TPSA) is 108 Å². The highest BCUT2D eigenvalue weighted by atomic mass is 16.7. The maximum Gasteiger partial charge on any atom is 0.361 e. The highest BCUT2D eigenvalue weighted by Crippen LogP contribution is 2.20. The summed E-state index contributed by atoms with van der Waals surface area (Å²) in [4.78, 5) is 37.7. The molecule has 0 fully saturated rings. The van der Waals surface area contributed by atoms with E-state index in [4.69, 9.17) is 18.9 Å². The molecule has 0 radical (unpaired) electrons. The number of ether oxygens (including phenoxy) is 4. The molecule has 0 amide bonds. The number of rotatable bonds is 72. The largest absolute Gasteiger partial charge is 0.477 e. The number of likely N-dealkylation sites (N-methyl/N-ethyl adjacent to an activating group) is 1. The van der Waals surface area contributed by atoms with Crippen molar-refractivity contribution in [1.82, 2.24) is 0 Å². The van der Waals surface area contributed by atoms with Crippen molar-refractivity contribution in [2.75, 3.05) is 47.5 Å². The molecule has 2 atom stereocenters. The van der Waals surface area contributed by atoms with Crippen LogP contribution in [0.5, 0.6) is 0 Å². The lowest BCUT2D eigenvalue weighted by atomic mass is 10.0. The Balaban J connectivity index is 3.98. The second-order valence-electron chi connectivity index (χ2n) is 27.3. The zero-order valence-corrected chi connectivity index (χ0v) is 59.2. The van der Waals surface area contributed by atoms with Crippen LogP contribution in [0.25, 0.3) is 0 Å². The molecule has 0 aliphatic rings. The first-order chi connectivity index (χ1) is 43.1. The molecule has 0 heterocycles. The number of carboxylic acid groups (broad SMARTS) is 1. The lowest BCUT2D eigenvalue weighted by Crippen LogP contribution is -2.40. The molecule has 0 spiro atoms. The Morgan fingerprint density at radius 2 is 0.648 bits per heavy atom. The van der Waals surface area contributed by atoms with Crippen LogP contribution in [0, 0.1) is 0 Å². The summed E-state index contributed by atoms with van der Waals surface area (Å²) in [5.74, 6) is -1.98. The first kappa shape index (κ1) is 85.2. The van der Waals surface area contributed by atoms with Crippen LogP contribution in [0.2, 0.25) is 0 Å². The monoisotopic (exact) mass is 1240 g/mol. The van der Waals surface area contributed by atoms with Gasteiger partial charge in [-0.05, 0) is 51.4 Å². The third-order valence-corrected chi connectivity index (χ3v) is 17.3. The van der Waals surface area contributed by atoms with Gasteiger partial charge in [-0.2, -0.15) is 0 Å². The molecule has 2 unspecified atom stereocenters. The average molecular weight is 1240 g/mol. The minimum atomic E-state index is -1.51. The number of esters is 2. The number of carbonyl (C=O) groups excluding carboxylic acids is 2. The summed E-state index contributed by atoms with van der Waals surface area (Å²) in [7, 11) is 5.99. The third kappa shape index (κ3) is 70.7. The Kier molecular flexibility index (Phi) is 67.9. The Morgan fingerprint density at radius 3 is 0.966 bits per heavy atom. The highest BCUT2D eigenvalue weighted by Gasteiger charge is 2.25. The number of allylic oxidation sites excluding steroid dienone is 8. The zero-order valence-electron chi connectivity index (χ0n) is 59.2. The summed E-state index contributed by atoms with van der Waals surface area (Å²) in [6, 6.07) is 0. The SMILES string of the molecule is CC/C=C\C/C=C\C/C=C\C/C=C\CCCCCCCCCCCCCCCCC(=O)OC(COC(=O)CCCCCCCCCCCCCCCCCCCCCCCCCCCCCCCCCCCCCC)COC(OCC[N+](C)(C)C)C(=O)O. The minimum Gasteiger partial charge on any atom is -0.477 e. The number of carbonyl (C=O) groups is 3. The smallest absolute Gasteiger partial charge is 0.361 e. The molecule has 0 rings (SSSR count). The maximum absolute atomic E-state index is 13.0. The first-order valence-electron chi connectivity index (χ1n) is 38.3. The molecule has 0 bridgehead atoms. The van der Waals surface area contributed by atoms with Crippen molar-refractivity contribution in [3.05, 3.63) is 48.6 Å². The Hall–Kier alpha value is -2.75. The average Bonchev–Trinajstić information content (AvgIpc) is 3.54. The van der Waals surface area contributed by atoms with E-state index in [1.165, 1.54) is 289 Å². The van der Waals surface area contributed by atoms with Crippen LogP contribution in [0.1, 0.15) is 380 Å². The van der Waals surface area contributed by atoms with E-state index >= 15 is 0 Å². The number of hydrogen-bond acceptors (Lipinski definition) is 7. The van der Waals surface area contributed by atoms with E-state index < -0.39 is 18.4 Å². The fraction of sp³-hybridized carbons (Fsp3) is 0.861. The fourth-order valence-electron chi connectivity index (χ4n) is 11.5. The Labute approximate surface area is 546 Å². The fourth-order valence-corrected chi connectivity index (χ4v) is 11.5. The summed E-state index contributed by atoms with van der Waals surface area (Å²) in [5.41, 5.74) is 0. The number of unbranched alkanes of at least 4 members (excludes halogenated alkanes) is 49. The van der Waals surface area contributed by atoms with E-state index in [0.29, 0.717) is 17.4 Å². The second kappa shape index (κ2) is 70.1. The van der Waals surface area contributed by atoms with Gasteiger partial charge in [0.1, 0.15) is 13.2 Å². The van der Waals surface area contributed by atoms with E-state index in [1.807, 2.05) is 21.1 Å². The van der Waals surface area contributed by atoms with E-state index in [9.17, 15) is 19.5 Å². The van der Waals surface area contributed by atoms with Gasteiger partial charge in [-0.3, -0.25) is 9.59 Å². The lowest BCUT2D eigenvalue weighted by molar-refractivity contribution is -0.870. The normalized spacial score (nSPS) is 12.9. The van der Waals surface area contributed by atoms with E-state index in [1.54, 1.807) is 0 Å². The molecule has 9 nitrogen and oxygen atoms in total. The van der Waals surface area contributed by atoms with Crippen molar-refractivity contribution in [2.24, 2.45) is 0 Å². The number of nitrogens with zero attached hydrogens (tertiary/aromatic N) is 1. The van der Waals surface area contributed by atoms with Gasteiger partial charge in [0, 0.05) is 12.8 Å². The van der Waals surface area contributed by atoms with Gasteiger partial charge in [0.2, 0.25) is 0 Å². The number of carboxylic acids is 1. The number of hydrogen-bond donors (Lipinski definition) is 1. The quantitative estimate of drug-likeness (QED) is 0.0211. The molecule has 0 aromatic carbocycles. The maximum atomic E-state index is 13.0. The number of quaternary nitrogens is 1. The molecule has 0 saturated heterocycles. The predicted molar refractivity (Wildman–Crippen MR) is 378 cm³/mol. The Bertz CT molecular complexity index is 1580. The molecule has 1 N–H and O–H groups in total. The molecule has 0 aliphatic carbocycles. The highest BCUT2D eigenvalue weighted by molar-refractivity contribution is 5.71. The summed E-state index contributed by atoms with van der Waals surface area (Å²) in [5, 5.41) is 9.76. The standard InChI is InChI=1S/C79H147NO8/c1-6-8-10-12-14-16-18-20-22-24-26-28-30-32-34-35-36-37-38-39-40-41-42-44-45-47-49-51-53-55-57-59-61-63-65-67-69-76(81)86-73-75(74-87-79(78(83)84)85-72-71-80(3,4)5)88-77(82)70-68-66-64-62-60-58-56-54-52-50-48-46-43-33-31-29-27-25-23-21-19-17-15-13-11-9-7-2/h9,11,15,17,21,23,27,29,75,79H,6-8,10,12-14,16,18-20,22,24-26,28,30-74H2,1-5H3/p+1/b11-9-,17-15-,23-21-,29-27-. The lowest BCUT2D eigenvalue weighted by Gasteiger charge is -2.25. The van der Waals surface area contributed by atoms with Gasteiger partial charge >= 0.3 is 17.9 Å². The van der Waals surface area contributed by atoms with E-state index in [-0.39, 0.29) is 38.2 Å². The van der Waals surface area contributed by atoms with Crippen molar-refractivity contribution in [3.63, 3.8) is 0 Å². The van der Waals surface area contributed by atoms with Crippen LogP contribution in [-0.2, 0) is 33.3 Å². The van der Waals surface area contributed by atoms with Crippen molar-refractivity contribution in [2.45, 2.75) is 392 Å². The molecule has 0 aliphatic heterocycles.